The van der Waals surface area contributed by atoms with Gasteiger partial charge in [-0.05, 0) is 17.7 Å². The number of alkyl halides is 3. The van der Waals surface area contributed by atoms with Gasteiger partial charge in [0.1, 0.15) is 0 Å². The molecule has 3 N–H and O–H groups in total. The van der Waals surface area contributed by atoms with Crippen LogP contribution in [-0.4, -0.2) is 25.5 Å². The molecule has 0 aliphatic carbocycles. The summed E-state index contributed by atoms with van der Waals surface area (Å²) in [6.45, 7) is 0. The quantitative estimate of drug-likeness (QED) is 0.897. The fraction of sp³-hybridized carbons (Fsp3) is 0.455. The summed E-state index contributed by atoms with van der Waals surface area (Å²) in [5, 5.41) is 9.61. The van der Waals surface area contributed by atoms with Crippen LogP contribution in [0.3, 0.4) is 0 Å². The monoisotopic (exact) mass is 301 g/mol. The Balaban J connectivity index is 0.00000324. The first-order valence-corrected chi connectivity index (χ1v) is 5.05. The van der Waals surface area contributed by atoms with Gasteiger partial charge in [-0.1, -0.05) is 0 Å². The van der Waals surface area contributed by atoms with Crippen molar-refractivity contribution >= 4 is 12.4 Å². The highest BCUT2D eigenvalue weighted by atomic mass is 35.5. The summed E-state index contributed by atoms with van der Waals surface area (Å²) in [4.78, 5) is 0. The highest BCUT2D eigenvalue weighted by Gasteiger charge is 2.31. The Morgan fingerprint density at radius 2 is 1.63 bits per heavy atom. The van der Waals surface area contributed by atoms with Crippen LogP contribution >= 0.6 is 12.4 Å². The molecule has 1 rings (SSSR count). The van der Waals surface area contributed by atoms with Gasteiger partial charge in [0.2, 0.25) is 5.75 Å². The van der Waals surface area contributed by atoms with Gasteiger partial charge < -0.3 is 20.3 Å². The number of hydrogen-bond acceptors (Lipinski definition) is 4. The SMILES string of the molecule is COc1cc([C@@H](N)CC(F)(F)F)cc(OC)c1O.Cl. The molecule has 4 nitrogen and oxygen atoms in total. The van der Waals surface area contributed by atoms with E-state index in [1.54, 1.807) is 0 Å². The Morgan fingerprint density at radius 3 is 1.95 bits per heavy atom. The molecule has 0 aliphatic heterocycles. The van der Waals surface area contributed by atoms with Crippen molar-refractivity contribution in [3.05, 3.63) is 17.7 Å². The van der Waals surface area contributed by atoms with E-state index in [0.29, 0.717) is 0 Å². The summed E-state index contributed by atoms with van der Waals surface area (Å²) in [5.41, 5.74) is 5.65. The highest BCUT2D eigenvalue weighted by molar-refractivity contribution is 5.85. The standard InChI is InChI=1S/C11H14F3NO3.ClH/c1-17-8-3-6(4-9(18-2)10(8)16)7(15)5-11(12,13)14;/h3-4,7,16H,5,15H2,1-2H3;1H/t7-;/m0./s1. The van der Waals surface area contributed by atoms with Crippen LogP contribution in [0.5, 0.6) is 17.2 Å². The predicted molar refractivity (Wildman–Crippen MR) is 66.1 cm³/mol. The molecule has 1 atom stereocenters. The molecule has 0 aliphatic rings. The van der Waals surface area contributed by atoms with Gasteiger partial charge in [-0.2, -0.15) is 13.2 Å². The molecular weight excluding hydrogens is 287 g/mol. The number of phenols is 1. The molecule has 0 unspecified atom stereocenters. The third-order valence-corrected chi connectivity index (χ3v) is 2.38. The lowest BCUT2D eigenvalue weighted by Gasteiger charge is -2.17. The van der Waals surface area contributed by atoms with Crippen LogP contribution in [0.15, 0.2) is 12.1 Å². The summed E-state index contributed by atoms with van der Waals surface area (Å²) in [6, 6.07) is 1.27. The Labute approximate surface area is 114 Å². The van der Waals surface area contributed by atoms with Gasteiger partial charge in [0.05, 0.1) is 20.6 Å². The summed E-state index contributed by atoms with van der Waals surface area (Å²) >= 11 is 0. The van der Waals surface area contributed by atoms with Crippen LogP contribution in [0, 0.1) is 0 Å². The summed E-state index contributed by atoms with van der Waals surface area (Å²) in [7, 11) is 2.57. The van der Waals surface area contributed by atoms with Crippen molar-refractivity contribution in [2.24, 2.45) is 5.73 Å². The summed E-state index contributed by atoms with van der Waals surface area (Å²) < 4.78 is 46.4. The Morgan fingerprint density at radius 1 is 1.21 bits per heavy atom. The lowest BCUT2D eigenvalue weighted by molar-refractivity contribution is -0.138. The zero-order chi connectivity index (χ0) is 13.9. The molecule has 0 spiro atoms. The fourth-order valence-corrected chi connectivity index (χ4v) is 1.50. The van der Waals surface area contributed by atoms with E-state index in [1.807, 2.05) is 0 Å². The second-order valence-electron chi connectivity index (χ2n) is 3.70. The Hall–Kier alpha value is -1.34. The van der Waals surface area contributed by atoms with E-state index in [0.717, 1.165) is 0 Å². The molecule has 1 aromatic carbocycles. The maximum atomic E-state index is 12.2. The molecule has 0 saturated heterocycles. The summed E-state index contributed by atoms with van der Waals surface area (Å²) in [6.07, 6.45) is -5.53. The molecule has 19 heavy (non-hydrogen) atoms. The van der Waals surface area contributed by atoms with Gasteiger partial charge in [0.25, 0.3) is 0 Å². The minimum absolute atomic E-state index is 0. The molecule has 0 heterocycles. The molecule has 0 fully saturated rings. The maximum Gasteiger partial charge on any atom is 0.390 e. The minimum Gasteiger partial charge on any atom is -0.502 e. The van der Waals surface area contributed by atoms with Crippen molar-refractivity contribution < 1.29 is 27.8 Å². The molecule has 0 amide bonds. The van der Waals surface area contributed by atoms with Crippen molar-refractivity contribution in [1.82, 2.24) is 0 Å². The van der Waals surface area contributed by atoms with Crippen molar-refractivity contribution in [2.75, 3.05) is 14.2 Å². The van der Waals surface area contributed by atoms with E-state index in [4.69, 9.17) is 15.2 Å². The normalized spacial score (nSPS) is 12.5. The highest BCUT2D eigenvalue weighted by Crippen LogP contribution is 2.39. The molecular formula is C11H15ClF3NO3. The van der Waals surface area contributed by atoms with Crippen LogP contribution in [0.25, 0.3) is 0 Å². The number of hydrogen-bond donors (Lipinski definition) is 2. The van der Waals surface area contributed by atoms with Crippen LogP contribution in [0.4, 0.5) is 13.2 Å². The van der Waals surface area contributed by atoms with Crippen LogP contribution < -0.4 is 15.2 Å². The Bertz CT molecular complexity index is 401. The maximum absolute atomic E-state index is 12.2. The van der Waals surface area contributed by atoms with Gasteiger partial charge in [-0.3, -0.25) is 0 Å². The van der Waals surface area contributed by atoms with Gasteiger partial charge >= 0.3 is 6.18 Å². The van der Waals surface area contributed by atoms with Gasteiger partial charge in [0, 0.05) is 6.04 Å². The Kier molecular flexibility index (Phi) is 6.24. The molecule has 0 radical (unpaired) electrons. The van der Waals surface area contributed by atoms with E-state index >= 15 is 0 Å². The number of aromatic hydroxyl groups is 1. The molecule has 0 saturated carbocycles. The zero-order valence-electron chi connectivity index (χ0n) is 10.3. The number of methoxy groups -OCH3 is 2. The van der Waals surface area contributed by atoms with E-state index in [-0.39, 0.29) is 35.2 Å². The number of benzene rings is 1. The fourth-order valence-electron chi connectivity index (χ4n) is 1.50. The average Bonchev–Trinajstić information content (AvgIpc) is 2.27. The second-order valence-corrected chi connectivity index (χ2v) is 3.70. The van der Waals surface area contributed by atoms with Gasteiger partial charge in [0.15, 0.2) is 11.5 Å². The van der Waals surface area contributed by atoms with Crippen molar-refractivity contribution in [3.63, 3.8) is 0 Å². The first-order valence-electron chi connectivity index (χ1n) is 5.05. The molecule has 1 aromatic rings. The van der Waals surface area contributed by atoms with E-state index < -0.39 is 18.6 Å². The second kappa shape index (κ2) is 6.72. The number of ether oxygens (including phenoxy) is 2. The largest absolute Gasteiger partial charge is 0.502 e. The molecule has 0 bridgehead atoms. The van der Waals surface area contributed by atoms with E-state index in [1.165, 1.54) is 26.4 Å². The van der Waals surface area contributed by atoms with Crippen molar-refractivity contribution in [3.8, 4) is 17.2 Å². The van der Waals surface area contributed by atoms with Gasteiger partial charge in [-0.15, -0.1) is 12.4 Å². The van der Waals surface area contributed by atoms with Crippen molar-refractivity contribution in [1.29, 1.82) is 0 Å². The average molecular weight is 302 g/mol. The van der Waals surface area contributed by atoms with E-state index in [2.05, 4.69) is 0 Å². The number of nitrogens with two attached hydrogens (primary N) is 1. The number of phenolic OH excluding ortho intramolecular Hbond substituents is 1. The number of halogens is 4. The van der Waals surface area contributed by atoms with Crippen LogP contribution in [0.1, 0.15) is 18.0 Å². The van der Waals surface area contributed by atoms with Crippen LogP contribution in [-0.2, 0) is 0 Å². The van der Waals surface area contributed by atoms with E-state index in [9.17, 15) is 18.3 Å². The first-order chi connectivity index (χ1) is 8.28. The third kappa shape index (κ3) is 4.68. The molecule has 8 heteroatoms. The topological polar surface area (TPSA) is 64.7 Å². The van der Waals surface area contributed by atoms with Crippen LogP contribution in [0.2, 0.25) is 0 Å². The third-order valence-electron chi connectivity index (χ3n) is 2.38. The first kappa shape index (κ1) is 17.7. The molecule has 110 valence electrons. The minimum atomic E-state index is -4.36. The lowest BCUT2D eigenvalue weighted by atomic mass is 10.0. The zero-order valence-corrected chi connectivity index (χ0v) is 11.1. The van der Waals surface area contributed by atoms with Gasteiger partial charge in [-0.25, -0.2) is 0 Å². The molecule has 0 aromatic heterocycles. The summed E-state index contributed by atoms with van der Waals surface area (Å²) in [5.74, 6) is -0.244. The number of rotatable bonds is 4. The van der Waals surface area contributed by atoms with Crippen molar-refractivity contribution in [2.45, 2.75) is 18.6 Å². The predicted octanol–water partition coefficient (Wildman–Crippen LogP) is 2.78. The lowest BCUT2D eigenvalue weighted by Crippen LogP contribution is -2.20. The smallest absolute Gasteiger partial charge is 0.390 e.